The predicted octanol–water partition coefficient (Wildman–Crippen LogP) is 3.49. The van der Waals surface area contributed by atoms with Gasteiger partial charge in [-0.1, -0.05) is 30.3 Å². The van der Waals surface area contributed by atoms with Crippen molar-refractivity contribution in [2.45, 2.75) is 26.3 Å². The molecule has 2 N–H and O–H groups in total. The molecule has 1 unspecified atom stereocenters. The molecule has 0 spiro atoms. The van der Waals surface area contributed by atoms with Gasteiger partial charge in [-0.15, -0.1) is 0 Å². The average molecular weight is 277 g/mol. The Morgan fingerprint density at radius 2 is 1.62 bits per heavy atom. The van der Waals surface area contributed by atoms with Crippen molar-refractivity contribution in [1.29, 1.82) is 0 Å². The van der Waals surface area contributed by atoms with E-state index in [0.717, 1.165) is 23.0 Å². The number of aromatic nitrogens is 2. The van der Waals surface area contributed by atoms with E-state index in [4.69, 9.17) is 5.73 Å². The first-order chi connectivity index (χ1) is 10.2. The average Bonchev–Trinajstić information content (AvgIpc) is 2.50. The standard InChI is InChI=1S/C18H19N3/c1-12-5-3-6-13(2)15(12)11-16(19)14-7-4-8-17-18(14)21-10-9-20-17/h3-10,16H,11,19H2,1-2H3. The molecule has 106 valence electrons. The molecule has 0 amide bonds. The van der Waals surface area contributed by atoms with Gasteiger partial charge in [0.1, 0.15) is 0 Å². The van der Waals surface area contributed by atoms with Crippen molar-refractivity contribution in [2.75, 3.05) is 0 Å². The maximum absolute atomic E-state index is 6.46. The van der Waals surface area contributed by atoms with Crippen molar-refractivity contribution < 1.29 is 0 Å². The maximum atomic E-state index is 6.46. The van der Waals surface area contributed by atoms with Crippen LogP contribution in [0.15, 0.2) is 48.8 Å². The molecule has 0 bridgehead atoms. The number of benzene rings is 2. The van der Waals surface area contributed by atoms with Gasteiger partial charge in [0.2, 0.25) is 0 Å². The van der Waals surface area contributed by atoms with E-state index in [1.54, 1.807) is 12.4 Å². The zero-order valence-corrected chi connectivity index (χ0v) is 12.4. The second-order valence-electron chi connectivity index (χ2n) is 5.45. The minimum absolute atomic E-state index is 0.0785. The molecule has 3 aromatic rings. The lowest BCUT2D eigenvalue weighted by atomic mass is 9.93. The van der Waals surface area contributed by atoms with Crippen LogP contribution in [0, 0.1) is 13.8 Å². The highest BCUT2D eigenvalue weighted by atomic mass is 14.8. The van der Waals surface area contributed by atoms with Crippen molar-refractivity contribution in [1.82, 2.24) is 9.97 Å². The van der Waals surface area contributed by atoms with Crippen LogP contribution in [0.3, 0.4) is 0 Å². The highest BCUT2D eigenvalue weighted by molar-refractivity contribution is 5.78. The molecular weight excluding hydrogens is 258 g/mol. The van der Waals surface area contributed by atoms with Crippen LogP contribution >= 0.6 is 0 Å². The largest absolute Gasteiger partial charge is 0.324 e. The van der Waals surface area contributed by atoms with Gasteiger partial charge in [-0.3, -0.25) is 9.97 Å². The second-order valence-corrected chi connectivity index (χ2v) is 5.45. The summed E-state index contributed by atoms with van der Waals surface area (Å²) in [5, 5.41) is 0. The summed E-state index contributed by atoms with van der Waals surface area (Å²) < 4.78 is 0. The Balaban J connectivity index is 2.00. The van der Waals surface area contributed by atoms with E-state index in [2.05, 4.69) is 48.1 Å². The van der Waals surface area contributed by atoms with E-state index >= 15 is 0 Å². The molecule has 0 aliphatic carbocycles. The highest BCUT2D eigenvalue weighted by Crippen LogP contribution is 2.25. The van der Waals surface area contributed by atoms with E-state index in [9.17, 15) is 0 Å². The highest BCUT2D eigenvalue weighted by Gasteiger charge is 2.14. The van der Waals surface area contributed by atoms with Gasteiger partial charge in [0.05, 0.1) is 11.0 Å². The Bertz CT molecular complexity index is 755. The minimum atomic E-state index is -0.0785. The zero-order valence-electron chi connectivity index (χ0n) is 12.4. The van der Waals surface area contributed by atoms with Gasteiger partial charge >= 0.3 is 0 Å². The lowest BCUT2D eigenvalue weighted by Gasteiger charge is -2.17. The van der Waals surface area contributed by atoms with Gasteiger partial charge in [-0.25, -0.2) is 0 Å². The van der Waals surface area contributed by atoms with Crippen LogP contribution in [0.1, 0.15) is 28.3 Å². The van der Waals surface area contributed by atoms with Crippen molar-refractivity contribution in [3.05, 3.63) is 71.0 Å². The van der Waals surface area contributed by atoms with Crippen LogP contribution in [0.4, 0.5) is 0 Å². The van der Waals surface area contributed by atoms with Crippen LogP contribution in [-0.4, -0.2) is 9.97 Å². The van der Waals surface area contributed by atoms with Crippen LogP contribution in [0.2, 0.25) is 0 Å². The molecule has 0 saturated heterocycles. The molecule has 0 aliphatic heterocycles. The number of nitrogens with zero attached hydrogens (tertiary/aromatic N) is 2. The summed E-state index contributed by atoms with van der Waals surface area (Å²) in [5.74, 6) is 0. The van der Waals surface area contributed by atoms with Crippen molar-refractivity contribution in [3.8, 4) is 0 Å². The van der Waals surface area contributed by atoms with Crippen molar-refractivity contribution >= 4 is 11.0 Å². The van der Waals surface area contributed by atoms with Crippen molar-refractivity contribution in [3.63, 3.8) is 0 Å². The SMILES string of the molecule is Cc1cccc(C)c1CC(N)c1cccc2nccnc12. The number of hydrogen-bond acceptors (Lipinski definition) is 3. The molecular formula is C18H19N3. The van der Waals surface area contributed by atoms with Gasteiger partial charge in [0.15, 0.2) is 0 Å². The van der Waals surface area contributed by atoms with Crippen molar-refractivity contribution in [2.24, 2.45) is 5.73 Å². The number of para-hydroxylation sites is 1. The normalized spacial score (nSPS) is 12.5. The van der Waals surface area contributed by atoms with E-state index in [0.29, 0.717) is 0 Å². The van der Waals surface area contributed by atoms with E-state index < -0.39 is 0 Å². The molecule has 1 aromatic heterocycles. The van der Waals surface area contributed by atoms with Gasteiger partial charge in [0, 0.05) is 18.4 Å². The summed E-state index contributed by atoms with van der Waals surface area (Å²) in [6.45, 7) is 4.27. The van der Waals surface area contributed by atoms with Gasteiger partial charge in [-0.2, -0.15) is 0 Å². The fraction of sp³-hybridized carbons (Fsp3) is 0.222. The van der Waals surface area contributed by atoms with Crippen LogP contribution in [0.25, 0.3) is 11.0 Å². The molecule has 0 radical (unpaired) electrons. The topological polar surface area (TPSA) is 51.8 Å². The smallest absolute Gasteiger partial charge is 0.0934 e. The molecule has 1 heterocycles. The Labute approximate surface area is 124 Å². The Morgan fingerprint density at radius 3 is 2.38 bits per heavy atom. The molecule has 1 atom stereocenters. The molecule has 21 heavy (non-hydrogen) atoms. The molecule has 3 rings (SSSR count). The lowest BCUT2D eigenvalue weighted by molar-refractivity contribution is 0.719. The molecule has 3 heteroatoms. The Kier molecular flexibility index (Phi) is 3.67. The first-order valence-corrected chi connectivity index (χ1v) is 7.17. The monoisotopic (exact) mass is 277 g/mol. The summed E-state index contributed by atoms with van der Waals surface area (Å²) in [4.78, 5) is 8.79. The third-order valence-corrected chi connectivity index (χ3v) is 4.00. The number of hydrogen-bond donors (Lipinski definition) is 1. The van der Waals surface area contributed by atoms with E-state index in [-0.39, 0.29) is 6.04 Å². The third-order valence-electron chi connectivity index (χ3n) is 4.00. The fourth-order valence-electron chi connectivity index (χ4n) is 2.82. The third kappa shape index (κ3) is 2.65. The maximum Gasteiger partial charge on any atom is 0.0934 e. The number of fused-ring (bicyclic) bond motifs is 1. The first kappa shape index (κ1) is 13.7. The minimum Gasteiger partial charge on any atom is -0.324 e. The quantitative estimate of drug-likeness (QED) is 0.797. The molecule has 3 nitrogen and oxygen atoms in total. The first-order valence-electron chi connectivity index (χ1n) is 7.17. The summed E-state index contributed by atoms with van der Waals surface area (Å²) >= 11 is 0. The molecule has 2 aromatic carbocycles. The molecule has 0 saturated carbocycles. The molecule has 0 aliphatic rings. The Morgan fingerprint density at radius 1 is 0.952 bits per heavy atom. The fourth-order valence-corrected chi connectivity index (χ4v) is 2.82. The summed E-state index contributed by atoms with van der Waals surface area (Å²) in [5.41, 5.74) is 13.2. The summed E-state index contributed by atoms with van der Waals surface area (Å²) in [7, 11) is 0. The van der Waals surface area contributed by atoms with Gasteiger partial charge in [-0.05, 0) is 48.6 Å². The second kappa shape index (κ2) is 5.62. The van der Waals surface area contributed by atoms with Gasteiger partial charge in [0.25, 0.3) is 0 Å². The number of nitrogens with two attached hydrogens (primary N) is 1. The van der Waals surface area contributed by atoms with Crippen LogP contribution in [-0.2, 0) is 6.42 Å². The predicted molar refractivity (Wildman–Crippen MR) is 86.1 cm³/mol. The van der Waals surface area contributed by atoms with E-state index in [1.165, 1.54) is 16.7 Å². The zero-order chi connectivity index (χ0) is 14.8. The van der Waals surface area contributed by atoms with Crippen LogP contribution in [0.5, 0.6) is 0 Å². The van der Waals surface area contributed by atoms with E-state index in [1.807, 2.05) is 12.1 Å². The number of rotatable bonds is 3. The summed E-state index contributed by atoms with van der Waals surface area (Å²) in [6, 6.07) is 12.3. The number of aryl methyl sites for hydroxylation is 2. The summed E-state index contributed by atoms with van der Waals surface area (Å²) in [6.07, 6.45) is 4.24. The Hall–Kier alpha value is -2.26. The van der Waals surface area contributed by atoms with Gasteiger partial charge < -0.3 is 5.73 Å². The van der Waals surface area contributed by atoms with Crippen LogP contribution < -0.4 is 5.73 Å². The lowest BCUT2D eigenvalue weighted by Crippen LogP contribution is -2.15. The molecule has 0 fully saturated rings.